The zero-order valence-corrected chi connectivity index (χ0v) is 23.1. The summed E-state index contributed by atoms with van der Waals surface area (Å²) in [4.78, 5) is 0.0417. The normalized spacial score (nSPS) is 25.7. The minimum atomic E-state index is -6.00. The standard InChI is InChI=1S/C26H26F3NO7S2/c1-5-15-16-10-11-30(38(31,32)14-8-6-13(2)7-9-14)21(16)19-17-12-18(24-23(17)35-25(3,4)36-24)20(19)22(15)37-39(33,34)26(27,28)29/h6-11,17-18,23-24H,5,12H2,1-4H3/t17-,18+,23?,24?/m1/s1. The van der Waals surface area contributed by atoms with E-state index in [1.807, 2.05) is 6.92 Å². The third kappa shape index (κ3) is 3.76. The predicted molar refractivity (Wildman–Crippen MR) is 135 cm³/mol. The van der Waals surface area contributed by atoms with Crippen LogP contribution in [0.2, 0.25) is 0 Å². The van der Waals surface area contributed by atoms with Crippen molar-refractivity contribution in [1.82, 2.24) is 3.97 Å². The van der Waals surface area contributed by atoms with Gasteiger partial charge in [0.2, 0.25) is 0 Å². The Kier molecular flexibility index (Phi) is 5.60. The van der Waals surface area contributed by atoms with E-state index in [9.17, 15) is 30.0 Å². The second kappa shape index (κ2) is 8.21. The van der Waals surface area contributed by atoms with Gasteiger partial charge in [-0.1, -0.05) is 24.6 Å². The number of fused-ring (bicyclic) bond motifs is 10. The van der Waals surface area contributed by atoms with Gasteiger partial charge in [0, 0.05) is 34.5 Å². The number of benzene rings is 2. The molecule has 2 fully saturated rings. The van der Waals surface area contributed by atoms with Crippen LogP contribution >= 0.6 is 0 Å². The summed E-state index contributed by atoms with van der Waals surface area (Å²) in [6.45, 7) is 6.92. The first-order chi connectivity index (χ1) is 18.1. The average Bonchev–Trinajstić information content (AvgIpc) is 3.56. The molecule has 210 valence electrons. The molecule has 0 radical (unpaired) electrons. The fraction of sp³-hybridized carbons (Fsp3) is 0.462. The third-order valence-electron chi connectivity index (χ3n) is 7.86. The molecule has 2 aliphatic carbocycles. The molecule has 1 saturated heterocycles. The zero-order chi connectivity index (χ0) is 28.3. The highest BCUT2D eigenvalue weighted by Crippen LogP contribution is 2.64. The van der Waals surface area contributed by atoms with E-state index in [1.165, 1.54) is 24.4 Å². The van der Waals surface area contributed by atoms with E-state index in [4.69, 9.17) is 13.7 Å². The van der Waals surface area contributed by atoms with Crippen molar-refractivity contribution in [3.8, 4) is 5.75 Å². The number of aromatic nitrogens is 1. The van der Waals surface area contributed by atoms with E-state index in [0.717, 1.165) is 9.54 Å². The molecule has 8 nitrogen and oxygen atoms in total. The van der Waals surface area contributed by atoms with Crippen molar-refractivity contribution in [2.45, 2.75) is 80.8 Å². The zero-order valence-electron chi connectivity index (χ0n) is 21.4. The molecule has 1 aromatic heterocycles. The maximum atomic E-state index is 13.8. The lowest BCUT2D eigenvalue weighted by Crippen LogP contribution is -2.32. The second-order valence-corrected chi connectivity index (χ2v) is 14.0. The van der Waals surface area contributed by atoms with Crippen LogP contribution in [0.5, 0.6) is 5.75 Å². The van der Waals surface area contributed by atoms with E-state index < -0.39 is 61.2 Å². The number of nitrogens with zero attached hydrogens (tertiary/aromatic N) is 1. The smallest absolute Gasteiger partial charge is 0.375 e. The van der Waals surface area contributed by atoms with Gasteiger partial charge in [0.15, 0.2) is 11.5 Å². The molecular formula is C26H26F3NO7S2. The highest BCUT2D eigenvalue weighted by molar-refractivity contribution is 7.90. The number of hydrogen-bond donors (Lipinski definition) is 0. The summed E-state index contributed by atoms with van der Waals surface area (Å²) in [6.07, 6.45) is 0.801. The van der Waals surface area contributed by atoms with Crippen molar-refractivity contribution in [3.63, 3.8) is 0 Å². The molecule has 6 rings (SSSR count). The fourth-order valence-electron chi connectivity index (χ4n) is 6.37. The number of halogens is 3. The van der Waals surface area contributed by atoms with E-state index in [1.54, 1.807) is 32.9 Å². The van der Waals surface area contributed by atoms with Crippen LogP contribution in [0.4, 0.5) is 13.2 Å². The highest BCUT2D eigenvalue weighted by Gasteiger charge is 2.61. The van der Waals surface area contributed by atoms with Gasteiger partial charge in [-0.25, -0.2) is 12.4 Å². The summed E-state index contributed by atoms with van der Waals surface area (Å²) in [5.74, 6) is -2.36. The van der Waals surface area contributed by atoms with Crippen LogP contribution in [0, 0.1) is 6.92 Å². The van der Waals surface area contributed by atoms with Crippen LogP contribution < -0.4 is 4.18 Å². The summed E-state index contributed by atoms with van der Waals surface area (Å²) in [6, 6.07) is 7.80. The Hall–Kier alpha value is -2.61. The van der Waals surface area contributed by atoms with Crippen LogP contribution in [-0.2, 0) is 36.0 Å². The Balaban J connectivity index is 1.66. The lowest BCUT2D eigenvalue weighted by molar-refractivity contribution is -0.153. The van der Waals surface area contributed by atoms with Crippen LogP contribution in [-0.4, -0.2) is 44.3 Å². The lowest BCUT2D eigenvalue weighted by atomic mass is 9.84. The minimum Gasteiger partial charge on any atom is -0.375 e. The van der Waals surface area contributed by atoms with Crippen LogP contribution in [0.25, 0.3) is 10.9 Å². The van der Waals surface area contributed by atoms with E-state index in [2.05, 4.69) is 0 Å². The largest absolute Gasteiger partial charge is 0.534 e. The van der Waals surface area contributed by atoms with Crippen LogP contribution in [0.1, 0.15) is 61.3 Å². The molecule has 39 heavy (non-hydrogen) atoms. The Morgan fingerprint density at radius 3 is 2.15 bits per heavy atom. The van der Waals surface area contributed by atoms with Gasteiger partial charge < -0.3 is 13.7 Å². The molecule has 2 heterocycles. The number of rotatable bonds is 5. The monoisotopic (exact) mass is 585 g/mol. The Bertz CT molecular complexity index is 1730. The fourth-order valence-corrected chi connectivity index (χ4v) is 8.24. The van der Waals surface area contributed by atoms with E-state index >= 15 is 0 Å². The molecule has 3 aliphatic rings. The Labute approximate surface area is 223 Å². The highest BCUT2D eigenvalue weighted by atomic mass is 32.2. The van der Waals surface area contributed by atoms with Crippen molar-refractivity contribution < 1.29 is 43.7 Å². The molecule has 0 spiro atoms. The molecule has 1 saturated carbocycles. The SMILES string of the molecule is CCc1c(OS(=O)(=O)C(F)(F)F)c2c(c3c1ccn3S(=O)(=O)c1ccc(C)cc1)[C@H]1C[C@@H]2C2OC(C)(C)OC21. The number of aryl methyl sites for hydroxylation is 2. The maximum absolute atomic E-state index is 13.8. The van der Waals surface area contributed by atoms with Gasteiger partial charge in [-0.3, -0.25) is 0 Å². The van der Waals surface area contributed by atoms with Crippen molar-refractivity contribution in [1.29, 1.82) is 0 Å². The van der Waals surface area contributed by atoms with Crippen LogP contribution in [0.3, 0.4) is 0 Å². The molecule has 4 atom stereocenters. The van der Waals surface area contributed by atoms with Crippen LogP contribution in [0.15, 0.2) is 41.4 Å². The molecule has 2 bridgehead atoms. The average molecular weight is 586 g/mol. The summed E-state index contributed by atoms with van der Waals surface area (Å²) in [5.41, 5.74) is -3.65. The predicted octanol–water partition coefficient (Wildman–Crippen LogP) is 5.08. The Morgan fingerprint density at radius 2 is 1.59 bits per heavy atom. The first-order valence-electron chi connectivity index (χ1n) is 12.5. The first kappa shape index (κ1) is 26.6. The molecule has 2 unspecified atom stereocenters. The van der Waals surface area contributed by atoms with Gasteiger partial charge in [-0.15, -0.1) is 0 Å². The molecule has 1 aliphatic heterocycles. The van der Waals surface area contributed by atoms with Gasteiger partial charge in [0.05, 0.1) is 22.6 Å². The van der Waals surface area contributed by atoms with E-state index in [0.29, 0.717) is 22.9 Å². The van der Waals surface area contributed by atoms with Crippen molar-refractivity contribution in [2.24, 2.45) is 0 Å². The summed E-state index contributed by atoms with van der Waals surface area (Å²) < 4.78 is 111. The first-order valence-corrected chi connectivity index (χ1v) is 15.3. The summed E-state index contributed by atoms with van der Waals surface area (Å²) >= 11 is 0. The molecule has 0 N–H and O–H groups in total. The van der Waals surface area contributed by atoms with Gasteiger partial charge in [-0.2, -0.15) is 21.6 Å². The quantitative estimate of drug-likeness (QED) is 0.304. The number of hydrogen-bond acceptors (Lipinski definition) is 7. The topological polar surface area (TPSA) is 101 Å². The lowest BCUT2D eigenvalue weighted by Gasteiger charge is -2.29. The third-order valence-corrected chi connectivity index (χ3v) is 10.5. The molecular weight excluding hydrogens is 559 g/mol. The Morgan fingerprint density at radius 1 is 1.00 bits per heavy atom. The van der Waals surface area contributed by atoms with Crippen molar-refractivity contribution >= 4 is 31.0 Å². The molecule has 13 heteroatoms. The van der Waals surface area contributed by atoms with Gasteiger partial charge >= 0.3 is 15.6 Å². The van der Waals surface area contributed by atoms with Gasteiger partial charge in [-0.05, 0) is 57.4 Å². The summed E-state index contributed by atoms with van der Waals surface area (Å²) in [5, 5.41) is 0.307. The molecule has 2 aromatic carbocycles. The second-order valence-electron chi connectivity index (χ2n) is 10.7. The molecule has 3 aromatic rings. The maximum Gasteiger partial charge on any atom is 0.534 e. The number of alkyl halides is 3. The van der Waals surface area contributed by atoms with Gasteiger partial charge in [0.25, 0.3) is 10.0 Å². The number of ether oxygens (including phenoxy) is 2. The van der Waals surface area contributed by atoms with Gasteiger partial charge in [0.1, 0.15) is 0 Å². The summed E-state index contributed by atoms with van der Waals surface area (Å²) in [7, 11) is -10.1. The molecule has 0 amide bonds. The van der Waals surface area contributed by atoms with Crippen molar-refractivity contribution in [2.75, 3.05) is 0 Å². The minimum absolute atomic E-state index is 0.0417. The van der Waals surface area contributed by atoms with Crippen molar-refractivity contribution in [3.05, 3.63) is 58.8 Å². The van der Waals surface area contributed by atoms with E-state index in [-0.39, 0.29) is 22.4 Å².